The Hall–Kier alpha value is -2.00. The van der Waals surface area contributed by atoms with E-state index in [1.165, 1.54) is 0 Å². The van der Waals surface area contributed by atoms with E-state index in [4.69, 9.17) is 33.2 Å². The number of methoxy groups -OCH3 is 1. The van der Waals surface area contributed by atoms with Gasteiger partial charge in [-0.2, -0.15) is 0 Å². The van der Waals surface area contributed by atoms with E-state index in [1.807, 2.05) is 0 Å². The Morgan fingerprint density at radius 1 is 0.657 bits per heavy atom. The molecule has 0 unspecified atom stereocenters. The maximum absolute atomic E-state index is 14.7. The van der Waals surface area contributed by atoms with Gasteiger partial charge in [-0.3, -0.25) is 4.79 Å². The minimum absolute atomic E-state index is 0.0620. The standard InChI is InChI=1S/C49H78O21/c1-44(2)12-14-49(43(63)70-41-35(61)31(57)29(55)25(19-51)66-41)15-13-47(5)21(22(49)16-44)8-9-27-45(3)17-23(53)38(46(4,20-52)26(45)10-11-48(27,47)6)69-42-37(33(59)32(58)36(67-42)39(62)64-7)68-40-34(60)30(56)28(54)24(18-50)65-40/h8,22-38,40-42,50-61H,9-20H2,1-7H3/t22-,23-,24+,25+,26+,27+,28-,29+,30-,31-,32-,33-,34+,35+,36-,37+,38-,40-,41-,42-,45-,46-,47+,48+,49-/m0/s1. The van der Waals surface area contributed by atoms with E-state index in [2.05, 4.69) is 40.7 Å². The average molecular weight is 1000 g/mol. The van der Waals surface area contributed by atoms with Gasteiger partial charge in [0.1, 0.15) is 67.1 Å². The molecule has 0 aromatic rings. The van der Waals surface area contributed by atoms with Gasteiger partial charge in [0.25, 0.3) is 0 Å². The number of aliphatic hydroxyl groups is 12. The highest BCUT2D eigenvalue weighted by atomic mass is 16.8. The molecule has 25 atom stereocenters. The van der Waals surface area contributed by atoms with Crippen molar-refractivity contribution in [3.05, 3.63) is 11.6 Å². The van der Waals surface area contributed by atoms with Crippen LogP contribution in [0.15, 0.2) is 11.6 Å². The van der Waals surface area contributed by atoms with Gasteiger partial charge in [-0.05, 0) is 97.2 Å². The predicted molar refractivity (Wildman–Crippen MR) is 238 cm³/mol. The number of aliphatic hydroxyl groups excluding tert-OH is 12. The Morgan fingerprint density at radius 2 is 1.26 bits per heavy atom. The number of carbonyl (C=O) groups excluding carboxylic acids is 2. The van der Waals surface area contributed by atoms with Crippen LogP contribution >= 0.6 is 0 Å². The first-order valence-corrected chi connectivity index (χ1v) is 25.0. The van der Waals surface area contributed by atoms with Crippen LogP contribution < -0.4 is 0 Å². The second-order valence-electron chi connectivity index (χ2n) is 23.7. The lowest BCUT2D eigenvalue weighted by Crippen LogP contribution is -2.70. The minimum Gasteiger partial charge on any atom is -0.467 e. The molecule has 0 amide bonds. The molecular formula is C49H78O21. The van der Waals surface area contributed by atoms with E-state index in [-0.39, 0.29) is 29.6 Å². The molecule has 0 aromatic carbocycles. The highest BCUT2D eigenvalue weighted by molar-refractivity contribution is 5.79. The van der Waals surface area contributed by atoms with Gasteiger partial charge in [0, 0.05) is 5.41 Å². The summed E-state index contributed by atoms with van der Waals surface area (Å²) in [6.45, 7) is 10.9. The van der Waals surface area contributed by atoms with Gasteiger partial charge in [0.2, 0.25) is 6.29 Å². The van der Waals surface area contributed by atoms with Gasteiger partial charge < -0.3 is 94.4 Å². The maximum atomic E-state index is 14.7. The van der Waals surface area contributed by atoms with E-state index in [1.54, 1.807) is 6.92 Å². The molecule has 0 bridgehead atoms. The van der Waals surface area contributed by atoms with Crippen LogP contribution in [-0.2, 0) is 42.7 Å². The Bertz CT molecular complexity index is 1950. The summed E-state index contributed by atoms with van der Waals surface area (Å²) in [5, 5.41) is 130. The first kappa shape index (κ1) is 54.3. The predicted octanol–water partition coefficient (Wildman–Crippen LogP) is -1.74. The molecule has 3 saturated heterocycles. The average Bonchev–Trinajstić information content (AvgIpc) is 3.32. The number of rotatable bonds is 10. The third-order valence-electron chi connectivity index (χ3n) is 19.6. The summed E-state index contributed by atoms with van der Waals surface area (Å²) in [5.41, 5.74) is -2.69. The summed E-state index contributed by atoms with van der Waals surface area (Å²) < 4.78 is 40.5. The Balaban J connectivity index is 1.09. The van der Waals surface area contributed by atoms with Crippen molar-refractivity contribution in [2.45, 2.75) is 204 Å². The third kappa shape index (κ3) is 8.33. The normalized spacial score (nSPS) is 53.3. The summed E-state index contributed by atoms with van der Waals surface area (Å²) in [7, 11) is 1.05. The van der Waals surface area contributed by atoms with Crippen LogP contribution in [0.3, 0.4) is 0 Å². The van der Waals surface area contributed by atoms with Crippen molar-refractivity contribution >= 4 is 11.9 Å². The van der Waals surface area contributed by atoms with Crippen molar-refractivity contribution in [3.63, 3.8) is 0 Å². The van der Waals surface area contributed by atoms with Gasteiger partial charge in [0.05, 0.1) is 44.6 Å². The Labute approximate surface area is 407 Å². The molecule has 21 nitrogen and oxygen atoms in total. The number of hydrogen-bond acceptors (Lipinski definition) is 21. The highest BCUT2D eigenvalue weighted by Gasteiger charge is 2.72. The maximum Gasteiger partial charge on any atom is 0.337 e. The second kappa shape index (κ2) is 19.3. The van der Waals surface area contributed by atoms with Crippen molar-refractivity contribution in [1.29, 1.82) is 0 Å². The van der Waals surface area contributed by atoms with Gasteiger partial charge >= 0.3 is 11.9 Å². The summed E-state index contributed by atoms with van der Waals surface area (Å²) >= 11 is 0. The van der Waals surface area contributed by atoms with Crippen LogP contribution in [0.4, 0.5) is 0 Å². The first-order valence-electron chi connectivity index (χ1n) is 25.0. The fourth-order valence-corrected chi connectivity index (χ4v) is 15.3. The van der Waals surface area contributed by atoms with Crippen molar-refractivity contribution in [3.8, 4) is 0 Å². The molecule has 8 rings (SSSR count). The number of ether oxygens (including phenoxy) is 7. The van der Waals surface area contributed by atoms with Crippen molar-refractivity contribution in [2.75, 3.05) is 26.9 Å². The molecule has 70 heavy (non-hydrogen) atoms. The number of hydrogen-bond donors (Lipinski definition) is 12. The molecule has 5 aliphatic carbocycles. The highest BCUT2D eigenvalue weighted by Crippen LogP contribution is 2.76. The number of fused-ring (bicyclic) bond motifs is 7. The zero-order valence-electron chi connectivity index (χ0n) is 41.2. The lowest BCUT2D eigenvalue weighted by atomic mass is 9.33. The summed E-state index contributed by atoms with van der Waals surface area (Å²) in [6.07, 6.45) is -21.3. The van der Waals surface area contributed by atoms with Crippen LogP contribution in [0.5, 0.6) is 0 Å². The van der Waals surface area contributed by atoms with Crippen molar-refractivity contribution < 1.29 is 104 Å². The molecule has 4 saturated carbocycles. The largest absolute Gasteiger partial charge is 0.467 e. The molecule has 3 aliphatic heterocycles. The lowest BCUT2D eigenvalue weighted by molar-refractivity contribution is -0.380. The SMILES string of the molecule is COC(=O)[C@H]1O[C@@H](O[C@H]2[C@@H](O)C[C@@]3(C)[C@@H](CC[C@]4(C)[C@@H]3CC=C3[C@@H]5CC(C)(C)CC[C@]5(C(=O)O[C@@H]5O[C@H](CO)[C@@H](O)[C@H](O)[C@H]5O)CC[C@]34C)[C@]2(C)CO)[C@H](O[C@@H]2O[C@H](CO)[C@H](O)[C@H](O)[C@H]2O)[C@@H](O)[C@@H]1O. The summed E-state index contributed by atoms with van der Waals surface area (Å²) in [4.78, 5) is 27.6. The fraction of sp³-hybridized carbons (Fsp3) is 0.918. The number of carbonyl (C=O) groups is 2. The van der Waals surface area contributed by atoms with Crippen LogP contribution in [0.25, 0.3) is 0 Å². The molecular weight excluding hydrogens is 925 g/mol. The Morgan fingerprint density at radius 3 is 1.86 bits per heavy atom. The van der Waals surface area contributed by atoms with Gasteiger partial charge in [0.15, 0.2) is 18.7 Å². The van der Waals surface area contributed by atoms with Crippen LogP contribution in [-0.4, -0.2) is 204 Å². The van der Waals surface area contributed by atoms with Gasteiger partial charge in [-0.1, -0.05) is 53.2 Å². The van der Waals surface area contributed by atoms with Crippen molar-refractivity contribution in [1.82, 2.24) is 0 Å². The molecule has 0 radical (unpaired) electrons. The first-order chi connectivity index (χ1) is 32.7. The van der Waals surface area contributed by atoms with Crippen LogP contribution in [0, 0.1) is 50.2 Å². The monoisotopic (exact) mass is 1000 g/mol. The number of allylic oxidation sites excluding steroid dienone is 2. The van der Waals surface area contributed by atoms with E-state index in [0.717, 1.165) is 19.1 Å². The van der Waals surface area contributed by atoms with Crippen LogP contribution in [0.1, 0.15) is 99.3 Å². The third-order valence-corrected chi connectivity index (χ3v) is 19.6. The van der Waals surface area contributed by atoms with Gasteiger partial charge in [-0.25, -0.2) is 4.79 Å². The molecule has 7 fully saturated rings. The van der Waals surface area contributed by atoms with E-state index < -0.39 is 163 Å². The smallest absolute Gasteiger partial charge is 0.337 e. The topological polar surface area (TPSA) is 342 Å². The molecule has 8 aliphatic rings. The lowest BCUT2D eigenvalue weighted by Gasteiger charge is -2.72. The quantitative estimate of drug-likeness (QED) is 0.0657. The van der Waals surface area contributed by atoms with E-state index >= 15 is 0 Å². The fourth-order valence-electron chi connectivity index (χ4n) is 15.3. The number of esters is 2. The molecule has 21 heteroatoms. The molecule has 0 aromatic heterocycles. The van der Waals surface area contributed by atoms with E-state index in [0.29, 0.717) is 44.9 Å². The zero-order chi connectivity index (χ0) is 51.4. The molecule has 400 valence electrons. The van der Waals surface area contributed by atoms with Crippen molar-refractivity contribution in [2.24, 2.45) is 50.2 Å². The molecule has 3 heterocycles. The molecule has 12 N–H and O–H groups in total. The summed E-state index contributed by atoms with van der Waals surface area (Å²) in [5.74, 6) is -2.26. The summed E-state index contributed by atoms with van der Waals surface area (Å²) in [6, 6.07) is 0. The van der Waals surface area contributed by atoms with Crippen LogP contribution in [0.2, 0.25) is 0 Å². The van der Waals surface area contributed by atoms with E-state index in [9.17, 15) is 70.9 Å². The Kier molecular flexibility index (Phi) is 15.0. The molecule has 0 spiro atoms. The second-order valence-corrected chi connectivity index (χ2v) is 23.7. The zero-order valence-corrected chi connectivity index (χ0v) is 41.2. The minimum atomic E-state index is -1.99. The van der Waals surface area contributed by atoms with Gasteiger partial charge in [-0.15, -0.1) is 0 Å².